The van der Waals surface area contributed by atoms with Crippen molar-refractivity contribution in [2.45, 2.75) is 25.0 Å². The zero-order valence-corrected chi connectivity index (χ0v) is 12.9. The van der Waals surface area contributed by atoms with Crippen LogP contribution in [-0.2, 0) is 24.6 Å². The van der Waals surface area contributed by atoms with E-state index in [0.29, 0.717) is 6.42 Å². The molecule has 1 heterocycles. The molecule has 2 N–H and O–H groups in total. The molecule has 0 spiro atoms. The van der Waals surface area contributed by atoms with E-state index in [-0.39, 0.29) is 37.6 Å². The Bertz CT molecular complexity index is 528. The summed E-state index contributed by atoms with van der Waals surface area (Å²) in [7, 11) is -6.84. The minimum absolute atomic E-state index is 0.0804. The third-order valence-corrected chi connectivity index (χ3v) is 6.70. The molecule has 1 aliphatic heterocycles. The largest absolute Gasteiger partial charge is 0.450 e. The summed E-state index contributed by atoms with van der Waals surface area (Å²) in [6.07, 6.45) is -0.00627. The molecule has 1 aliphatic rings. The average Bonchev–Trinajstić information content (AvgIpc) is 2.70. The second-order valence-corrected chi connectivity index (χ2v) is 8.74. The Kier molecular flexibility index (Phi) is 6.21. The van der Waals surface area contributed by atoms with Crippen LogP contribution >= 0.6 is 0 Å². The summed E-state index contributed by atoms with van der Waals surface area (Å²) < 4.78 is 53.2. The van der Waals surface area contributed by atoms with E-state index in [1.165, 1.54) is 0 Å². The maximum atomic E-state index is 11.8. The van der Waals surface area contributed by atoms with Gasteiger partial charge in [-0.05, 0) is 19.8 Å². The molecule has 0 unspecified atom stereocenters. The zero-order valence-electron chi connectivity index (χ0n) is 11.3. The van der Waals surface area contributed by atoms with Crippen LogP contribution in [0.4, 0.5) is 4.79 Å². The smallest absolute Gasteiger partial charge is 0.407 e. The van der Waals surface area contributed by atoms with Crippen molar-refractivity contribution in [1.82, 2.24) is 10.0 Å². The van der Waals surface area contributed by atoms with Crippen molar-refractivity contribution in [2.75, 3.05) is 31.2 Å². The van der Waals surface area contributed by atoms with Crippen LogP contribution in [0.5, 0.6) is 0 Å². The number of ether oxygens (including phenoxy) is 1. The van der Waals surface area contributed by atoms with E-state index >= 15 is 0 Å². The minimum Gasteiger partial charge on any atom is -0.450 e. The molecule has 1 atom stereocenters. The van der Waals surface area contributed by atoms with Crippen molar-refractivity contribution in [1.29, 1.82) is 0 Å². The van der Waals surface area contributed by atoms with E-state index in [1.807, 2.05) is 0 Å². The SMILES string of the molecule is CCOC(=O)NCCCNS(=O)(=O)[C@H]1CCS(=O)(=O)C1. The Morgan fingerprint density at radius 2 is 2.05 bits per heavy atom. The average molecular weight is 328 g/mol. The second kappa shape index (κ2) is 7.23. The van der Waals surface area contributed by atoms with E-state index in [4.69, 9.17) is 0 Å². The minimum atomic E-state index is -3.62. The van der Waals surface area contributed by atoms with Gasteiger partial charge in [-0.1, -0.05) is 0 Å². The monoisotopic (exact) mass is 328 g/mol. The quantitative estimate of drug-likeness (QED) is 0.592. The third-order valence-electron chi connectivity index (χ3n) is 2.83. The first-order valence-corrected chi connectivity index (χ1v) is 9.73. The molecule has 0 aromatic carbocycles. The maximum absolute atomic E-state index is 11.8. The number of hydrogen-bond donors (Lipinski definition) is 2. The Balaban J connectivity index is 2.26. The Morgan fingerprint density at radius 3 is 2.60 bits per heavy atom. The third kappa shape index (κ3) is 5.63. The van der Waals surface area contributed by atoms with Crippen LogP contribution in [0.15, 0.2) is 0 Å². The zero-order chi connectivity index (χ0) is 15.2. The molecule has 0 saturated carbocycles. The van der Waals surface area contributed by atoms with Gasteiger partial charge in [0.15, 0.2) is 9.84 Å². The number of hydrogen-bond acceptors (Lipinski definition) is 6. The fraction of sp³-hybridized carbons (Fsp3) is 0.900. The normalized spacial score (nSPS) is 21.6. The lowest BCUT2D eigenvalue weighted by atomic mass is 10.4. The summed E-state index contributed by atoms with van der Waals surface area (Å²) in [5.74, 6) is -0.396. The number of alkyl carbamates (subject to hydrolysis) is 1. The van der Waals surface area contributed by atoms with Gasteiger partial charge in [-0.15, -0.1) is 0 Å². The molecule has 0 aliphatic carbocycles. The predicted octanol–water partition coefficient (Wildman–Crippen LogP) is -0.771. The van der Waals surface area contributed by atoms with Gasteiger partial charge in [-0.2, -0.15) is 0 Å². The molecule has 0 aromatic heterocycles. The molecule has 118 valence electrons. The van der Waals surface area contributed by atoms with Crippen LogP contribution in [-0.4, -0.2) is 59.4 Å². The van der Waals surface area contributed by atoms with Crippen LogP contribution in [0.3, 0.4) is 0 Å². The lowest BCUT2D eigenvalue weighted by Gasteiger charge is -2.11. The van der Waals surface area contributed by atoms with Crippen LogP contribution < -0.4 is 10.0 Å². The van der Waals surface area contributed by atoms with Crippen LogP contribution in [0.25, 0.3) is 0 Å². The highest BCUT2D eigenvalue weighted by Gasteiger charge is 2.36. The van der Waals surface area contributed by atoms with Crippen molar-refractivity contribution in [3.05, 3.63) is 0 Å². The van der Waals surface area contributed by atoms with Crippen molar-refractivity contribution in [3.8, 4) is 0 Å². The summed E-state index contributed by atoms with van der Waals surface area (Å²) in [6, 6.07) is 0. The van der Waals surface area contributed by atoms with E-state index in [9.17, 15) is 21.6 Å². The lowest BCUT2D eigenvalue weighted by molar-refractivity contribution is 0.152. The van der Waals surface area contributed by atoms with Gasteiger partial charge < -0.3 is 10.1 Å². The number of carbonyl (C=O) groups excluding carboxylic acids is 1. The standard InChI is InChI=1S/C10H20N2O6S2/c1-2-18-10(13)11-5-3-6-12-20(16,17)9-4-7-19(14,15)8-9/h9,12H,2-8H2,1H3,(H,11,13)/t9-/m0/s1. The van der Waals surface area contributed by atoms with Gasteiger partial charge >= 0.3 is 6.09 Å². The number of rotatable bonds is 7. The Hall–Kier alpha value is -0.870. The molecule has 1 saturated heterocycles. The van der Waals surface area contributed by atoms with Gasteiger partial charge in [0.05, 0.1) is 23.4 Å². The van der Waals surface area contributed by atoms with Crippen molar-refractivity contribution >= 4 is 26.0 Å². The number of sulfone groups is 1. The molecule has 20 heavy (non-hydrogen) atoms. The molecule has 10 heteroatoms. The maximum Gasteiger partial charge on any atom is 0.407 e. The highest BCUT2D eigenvalue weighted by Crippen LogP contribution is 2.17. The fourth-order valence-electron chi connectivity index (χ4n) is 1.80. The van der Waals surface area contributed by atoms with Gasteiger partial charge in [0.25, 0.3) is 0 Å². The molecular weight excluding hydrogens is 308 g/mol. The van der Waals surface area contributed by atoms with Crippen molar-refractivity contribution < 1.29 is 26.4 Å². The molecule has 0 bridgehead atoms. The van der Waals surface area contributed by atoms with Gasteiger partial charge in [-0.25, -0.2) is 26.4 Å². The number of sulfonamides is 1. The molecule has 0 radical (unpaired) electrons. The highest BCUT2D eigenvalue weighted by atomic mass is 32.2. The van der Waals surface area contributed by atoms with Crippen molar-refractivity contribution in [2.24, 2.45) is 0 Å². The van der Waals surface area contributed by atoms with Crippen molar-refractivity contribution in [3.63, 3.8) is 0 Å². The number of nitrogens with one attached hydrogen (secondary N) is 2. The molecule has 1 rings (SSSR count). The number of carbonyl (C=O) groups is 1. The first-order chi connectivity index (χ1) is 9.27. The van der Waals surface area contributed by atoms with E-state index in [0.717, 1.165) is 0 Å². The van der Waals surface area contributed by atoms with Gasteiger partial charge in [-0.3, -0.25) is 0 Å². The first-order valence-electron chi connectivity index (χ1n) is 6.36. The van der Waals surface area contributed by atoms with Gasteiger partial charge in [0.2, 0.25) is 10.0 Å². The Labute approximate surface area is 119 Å². The van der Waals surface area contributed by atoms with E-state index in [1.54, 1.807) is 6.92 Å². The molecular formula is C10H20N2O6S2. The Morgan fingerprint density at radius 1 is 1.35 bits per heavy atom. The molecule has 8 nitrogen and oxygen atoms in total. The summed E-state index contributed by atoms with van der Waals surface area (Å²) in [5, 5.41) is 1.59. The highest BCUT2D eigenvalue weighted by molar-refractivity contribution is 7.95. The summed E-state index contributed by atoms with van der Waals surface area (Å²) in [4.78, 5) is 10.9. The summed E-state index contributed by atoms with van der Waals surface area (Å²) in [6.45, 7) is 2.38. The van der Waals surface area contributed by atoms with Crippen LogP contribution in [0.2, 0.25) is 0 Å². The molecule has 1 fully saturated rings. The first kappa shape index (κ1) is 17.2. The van der Waals surface area contributed by atoms with Crippen LogP contribution in [0, 0.1) is 0 Å². The molecule has 1 amide bonds. The van der Waals surface area contributed by atoms with E-state index in [2.05, 4.69) is 14.8 Å². The lowest BCUT2D eigenvalue weighted by Crippen LogP contribution is -2.37. The van der Waals surface area contributed by atoms with Gasteiger partial charge in [0, 0.05) is 13.1 Å². The topological polar surface area (TPSA) is 119 Å². The van der Waals surface area contributed by atoms with Crippen LogP contribution in [0.1, 0.15) is 19.8 Å². The number of amides is 1. The van der Waals surface area contributed by atoms with E-state index < -0.39 is 31.2 Å². The molecule has 0 aromatic rings. The van der Waals surface area contributed by atoms with Gasteiger partial charge in [0.1, 0.15) is 0 Å². The summed E-state index contributed by atoms with van der Waals surface area (Å²) in [5.41, 5.74) is 0. The second-order valence-electron chi connectivity index (χ2n) is 4.47. The predicted molar refractivity (Wildman–Crippen MR) is 73.6 cm³/mol. The summed E-state index contributed by atoms with van der Waals surface area (Å²) >= 11 is 0. The fourth-order valence-corrected chi connectivity index (χ4v) is 5.92.